The summed E-state index contributed by atoms with van der Waals surface area (Å²) in [5.41, 5.74) is 3.24. The molecule has 4 nitrogen and oxygen atoms in total. The van der Waals surface area contributed by atoms with Crippen molar-refractivity contribution in [1.82, 2.24) is 14.3 Å². The second-order valence-electron chi connectivity index (χ2n) is 3.90. The molecule has 0 aliphatic rings. The first kappa shape index (κ1) is 10.5. The lowest BCUT2D eigenvalue weighted by Gasteiger charge is -2.03. The van der Waals surface area contributed by atoms with Gasteiger partial charge >= 0.3 is 0 Å². The van der Waals surface area contributed by atoms with Gasteiger partial charge in [-0.05, 0) is 26.0 Å². The van der Waals surface area contributed by atoms with Crippen LogP contribution in [0.4, 0.5) is 0 Å². The minimum absolute atomic E-state index is 0.392. The molecular weight excluding hydrogens is 200 g/mol. The predicted octanol–water partition coefficient (Wildman–Crippen LogP) is 1.89. The summed E-state index contributed by atoms with van der Waals surface area (Å²) < 4.78 is 3.85. The fourth-order valence-corrected chi connectivity index (χ4v) is 1.87. The van der Waals surface area contributed by atoms with E-state index in [0.29, 0.717) is 6.42 Å². The topological polar surface area (TPSA) is 46.5 Å². The fourth-order valence-electron chi connectivity index (χ4n) is 1.87. The van der Waals surface area contributed by atoms with Gasteiger partial charge in [-0.2, -0.15) is 10.4 Å². The van der Waals surface area contributed by atoms with Crippen LogP contribution in [0.3, 0.4) is 0 Å². The summed E-state index contributed by atoms with van der Waals surface area (Å²) in [7, 11) is 1.87. The third-order valence-corrected chi connectivity index (χ3v) is 2.72. The molecule has 2 rings (SSSR count). The summed E-state index contributed by atoms with van der Waals surface area (Å²) in [6, 6.07) is 8.23. The highest BCUT2D eigenvalue weighted by atomic mass is 15.3. The SMILES string of the molecule is Cc1ccc(C)n1-c1cc(CC#N)n(C)n1. The zero-order valence-corrected chi connectivity index (χ0v) is 9.73. The lowest BCUT2D eigenvalue weighted by Crippen LogP contribution is -2.01. The summed E-state index contributed by atoms with van der Waals surface area (Å²) in [5, 5.41) is 13.1. The molecule has 0 N–H and O–H groups in total. The standard InChI is InChI=1S/C12H14N4/c1-9-4-5-10(2)16(9)12-8-11(6-7-13)15(3)14-12/h4-5,8H,6H2,1-3H3. The highest BCUT2D eigenvalue weighted by Gasteiger charge is 2.09. The zero-order chi connectivity index (χ0) is 11.7. The number of nitriles is 1. The molecule has 0 atom stereocenters. The van der Waals surface area contributed by atoms with Crippen LogP contribution in [-0.4, -0.2) is 14.3 Å². The quantitative estimate of drug-likeness (QED) is 0.766. The lowest BCUT2D eigenvalue weighted by molar-refractivity contribution is 0.714. The van der Waals surface area contributed by atoms with Gasteiger partial charge in [-0.3, -0.25) is 4.68 Å². The Morgan fingerprint density at radius 2 is 1.94 bits per heavy atom. The molecule has 0 saturated heterocycles. The Morgan fingerprint density at radius 1 is 1.31 bits per heavy atom. The monoisotopic (exact) mass is 214 g/mol. The van der Waals surface area contributed by atoms with Crippen molar-refractivity contribution in [3.63, 3.8) is 0 Å². The van der Waals surface area contributed by atoms with Crippen LogP contribution in [0.1, 0.15) is 17.1 Å². The van der Waals surface area contributed by atoms with Crippen molar-refractivity contribution in [2.24, 2.45) is 7.05 Å². The number of nitrogens with zero attached hydrogens (tertiary/aromatic N) is 4. The molecule has 0 fully saturated rings. The Kier molecular flexibility index (Phi) is 2.53. The number of hydrogen-bond acceptors (Lipinski definition) is 2. The normalized spacial score (nSPS) is 10.4. The van der Waals surface area contributed by atoms with Crippen molar-refractivity contribution >= 4 is 0 Å². The Hall–Kier alpha value is -2.02. The molecule has 2 heterocycles. The van der Waals surface area contributed by atoms with E-state index in [2.05, 4.69) is 27.9 Å². The molecule has 0 radical (unpaired) electrons. The molecule has 2 aromatic heterocycles. The summed E-state index contributed by atoms with van der Waals surface area (Å²) in [5.74, 6) is 0.882. The van der Waals surface area contributed by atoms with Gasteiger partial charge in [0.15, 0.2) is 5.82 Å². The number of rotatable bonds is 2. The number of hydrogen-bond donors (Lipinski definition) is 0. The Labute approximate surface area is 94.7 Å². The average molecular weight is 214 g/mol. The van der Waals surface area contributed by atoms with E-state index in [1.807, 2.05) is 27.0 Å². The van der Waals surface area contributed by atoms with Gasteiger partial charge in [0.1, 0.15) is 0 Å². The van der Waals surface area contributed by atoms with Gasteiger partial charge in [-0.25, -0.2) is 0 Å². The highest BCUT2D eigenvalue weighted by Crippen LogP contribution is 2.16. The summed E-state index contributed by atoms with van der Waals surface area (Å²) in [6.45, 7) is 4.09. The van der Waals surface area contributed by atoms with Crippen LogP contribution < -0.4 is 0 Å². The van der Waals surface area contributed by atoms with E-state index in [0.717, 1.165) is 22.9 Å². The second-order valence-corrected chi connectivity index (χ2v) is 3.90. The van der Waals surface area contributed by atoms with Crippen molar-refractivity contribution in [2.45, 2.75) is 20.3 Å². The maximum atomic E-state index is 8.70. The lowest BCUT2D eigenvalue weighted by atomic mass is 10.3. The van der Waals surface area contributed by atoms with Crippen LogP contribution in [0.5, 0.6) is 0 Å². The van der Waals surface area contributed by atoms with E-state index in [4.69, 9.17) is 5.26 Å². The van der Waals surface area contributed by atoms with Gasteiger partial charge < -0.3 is 4.57 Å². The van der Waals surface area contributed by atoms with Crippen molar-refractivity contribution in [1.29, 1.82) is 5.26 Å². The van der Waals surface area contributed by atoms with E-state index >= 15 is 0 Å². The molecule has 0 spiro atoms. The minimum Gasteiger partial charge on any atom is -0.302 e. The van der Waals surface area contributed by atoms with E-state index in [1.165, 1.54) is 0 Å². The number of aromatic nitrogens is 3. The smallest absolute Gasteiger partial charge is 0.159 e. The zero-order valence-electron chi connectivity index (χ0n) is 9.73. The van der Waals surface area contributed by atoms with Crippen molar-refractivity contribution < 1.29 is 0 Å². The first-order valence-electron chi connectivity index (χ1n) is 5.18. The third-order valence-electron chi connectivity index (χ3n) is 2.72. The van der Waals surface area contributed by atoms with Crippen molar-refractivity contribution in [2.75, 3.05) is 0 Å². The number of aryl methyl sites for hydroxylation is 3. The molecular formula is C12H14N4. The van der Waals surface area contributed by atoms with Gasteiger partial charge in [0, 0.05) is 24.5 Å². The van der Waals surface area contributed by atoms with Crippen LogP contribution in [0.15, 0.2) is 18.2 Å². The van der Waals surface area contributed by atoms with E-state index < -0.39 is 0 Å². The maximum absolute atomic E-state index is 8.70. The Bertz CT molecular complexity index is 535. The first-order valence-corrected chi connectivity index (χ1v) is 5.18. The first-order chi connectivity index (χ1) is 7.63. The van der Waals surface area contributed by atoms with Gasteiger partial charge in [0.25, 0.3) is 0 Å². The second kappa shape index (κ2) is 3.86. The highest BCUT2D eigenvalue weighted by molar-refractivity contribution is 5.33. The van der Waals surface area contributed by atoms with Crippen LogP contribution in [-0.2, 0) is 13.5 Å². The molecule has 0 unspecified atom stereocenters. The fraction of sp³-hybridized carbons (Fsp3) is 0.333. The van der Waals surface area contributed by atoms with Gasteiger partial charge in [0.05, 0.1) is 18.2 Å². The van der Waals surface area contributed by atoms with Gasteiger partial charge in [-0.1, -0.05) is 0 Å². The summed E-state index contributed by atoms with van der Waals surface area (Å²) in [6.07, 6.45) is 0.392. The van der Waals surface area contributed by atoms with Crippen LogP contribution >= 0.6 is 0 Å². The van der Waals surface area contributed by atoms with Gasteiger partial charge in [-0.15, -0.1) is 0 Å². The molecule has 0 aliphatic heterocycles. The Morgan fingerprint density at radius 3 is 2.50 bits per heavy atom. The Balaban J connectivity index is 2.50. The molecule has 0 aliphatic carbocycles. The molecule has 0 bridgehead atoms. The van der Waals surface area contributed by atoms with Crippen LogP contribution in [0, 0.1) is 25.2 Å². The van der Waals surface area contributed by atoms with E-state index in [-0.39, 0.29) is 0 Å². The molecule has 4 heteroatoms. The summed E-state index contributed by atoms with van der Waals surface area (Å²) >= 11 is 0. The summed E-state index contributed by atoms with van der Waals surface area (Å²) in [4.78, 5) is 0. The minimum atomic E-state index is 0.392. The molecule has 82 valence electrons. The predicted molar refractivity (Wildman–Crippen MR) is 61.3 cm³/mol. The maximum Gasteiger partial charge on any atom is 0.159 e. The van der Waals surface area contributed by atoms with Crippen molar-refractivity contribution in [3.8, 4) is 11.9 Å². The largest absolute Gasteiger partial charge is 0.302 e. The van der Waals surface area contributed by atoms with E-state index in [1.54, 1.807) is 4.68 Å². The van der Waals surface area contributed by atoms with Gasteiger partial charge in [0.2, 0.25) is 0 Å². The molecule has 0 aromatic carbocycles. The molecule has 16 heavy (non-hydrogen) atoms. The van der Waals surface area contributed by atoms with Crippen molar-refractivity contribution in [3.05, 3.63) is 35.3 Å². The molecule has 2 aromatic rings. The molecule has 0 saturated carbocycles. The molecule has 0 amide bonds. The average Bonchev–Trinajstić information content (AvgIpc) is 2.73. The van der Waals surface area contributed by atoms with Crippen LogP contribution in [0.25, 0.3) is 5.82 Å². The third kappa shape index (κ3) is 1.61. The van der Waals surface area contributed by atoms with Crippen LogP contribution in [0.2, 0.25) is 0 Å². The van der Waals surface area contributed by atoms with E-state index in [9.17, 15) is 0 Å².